The quantitative estimate of drug-likeness (QED) is 0.0593. The number of unbranched alkanes of at least 4 members (excludes halogenated alkanes) is 15. The Labute approximate surface area is 274 Å². The maximum absolute atomic E-state index is 12.5. The Morgan fingerprint density at radius 1 is 0.533 bits per heavy atom. The van der Waals surface area contributed by atoms with Crippen LogP contribution in [0.5, 0.6) is 11.5 Å². The van der Waals surface area contributed by atoms with E-state index in [0.717, 1.165) is 24.5 Å². The molecule has 5 heteroatoms. The lowest BCUT2D eigenvalue weighted by Gasteiger charge is -2.11. The van der Waals surface area contributed by atoms with Crippen molar-refractivity contribution < 1.29 is 23.8 Å². The summed E-state index contributed by atoms with van der Waals surface area (Å²) in [7, 11) is 0. The van der Waals surface area contributed by atoms with Gasteiger partial charge in [0.05, 0.1) is 23.8 Å². The first kappa shape index (κ1) is 38.4. The summed E-state index contributed by atoms with van der Waals surface area (Å²) >= 11 is 0. The maximum atomic E-state index is 12.5. The van der Waals surface area contributed by atoms with Crippen molar-refractivity contribution in [3.05, 3.63) is 59.7 Å². The van der Waals surface area contributed by atoms with Crippen LogP contribution in [0, 0.1) is 5.92 Å². The predicted octanol–water partition coefficient (Wildman–Crippen LogP) is 11.9. The van der Waals surface area contributed by atoms with Crippen molar-refractivity contribution >= 4 is 11.9 Å². The van der Waals surface area contributed by atoms with Crippen molar-refractivity contribution in [2.24, 2.45) is 5.92 Å². The van der Waals surface area contributed by atoms with Gasteiger partial charge in [-0.05, 0) is 74.2 Å². The average Bonchev–Trinajstić information content (AvgIpc) is 3.06. The van der Waals surface area contributed by atoms with E-state index in [2.05, 4.69) is 13.8 Å². The molecule has 0 bridgehead atoms. The summed E-state index contributed by atoms with van der Waals surface area (Å²) in [4.78, 5) is 24.6. The summed E-state index contributed by atoms with van der Waals surface area (Å²) in [5.41, 5.74) is 0.872. The van der Waals surface area contributed by atoms with E-state index in [1.54, 1.807) is 48.5 Å². The molecule has 2 aromatic carbocycles. The highest BCUT2D eigenvalue weighted by Gasteiger charge is 2.13. The zero-order valence-electron chi connectivity index (χ0n) is 29.0. The summed E-state index contributed by atoms with van der Waals surface area (Å²) in [5, 5.41) is 0. The van der Waals surface area contributed by atoms with Gasteiger partial charge in [0.2, 0.25) is 0 Å². The highest BCUT2D eigenvalue weighted by Crippen LogP contribution is 2.19. The molecule has 2 atom stereocenters. The molecule has 0 N–H and O–H groups in total. The number of carbonyl (C=O) groups excluding carboxylic acids is 2. The molecule has 2 aromatic rings. The number of benzene rings is 2. The van der Waals surface area contributed by atoms with E-state index in [1.807, 2.05) is 13.8 Å². The molecule has 0 amide bonds. The fraction of sp³-hybridized carbons (Fsp3) is 0.650. The van der Waals surface area contributed by atoms with Crippen molar-refractivity contribution in [2.45, 2.75) is 156 Å². The molecule has 0 spiro atoms. The number of esters is 2. The third-order valence-electron chi connectivity index (χ3n) is 8.83. The lowest BCUT2D eigenvalue weighted by atomic mass is 9.99. The minimum Gasteiger partial charge on any atom is -0.494 e. The van der Waals surface area contributed by atoms with Crippen LogP contribution in [0.4, 0.5) is 0 Å². The molecule has 0 radical (unpaired) electrons. The van der Waals surface area contributed by atoms with Gasteiger partial charge in [-0.15, -0.1) is 0 Å². The van der Waals surface area contributed by atoms with Crippen molar-refractivity contribution in [3.63, 3.8) is 0 Å². The number of hydrogen-bond donors (Lipinski definition) is 0. The van der Waals surface area contributed by atoms with Crippen LogP contribution in [-0.4, -0.2) is 24.6 Å². The second-order valence-electron chi connectivity index (χ2n) is 12.9. The molecular weight excluding hydrogens is 560 g/mol. The molecule has 5 nitrogen and oxygen atoms in total. The van der Waals surface area contributed by atoms with E-state index in [-0.39, 0.29) is 12.1 Å². The lowest BCUT2D eigenvalue weighted by Crippen LogP contribution is -2.14. The smallest absolute Gasteiger partial charge is 0.343 e. The van der Waals surface area contributed by atoms with Gasteiger partial charge in [-0.1, -0.05) is 130 Å². The van der Waals surface area contributed by atoms with E-state index < -0.39 is 5.97 Å². The molecule has 0 saturated carbocycles. The first-order chi connectivity index (χ1) is 21.9. The minimum atomic E-state index is -0.454. The van der Waals surface area contributed by atoms with Crippen LogP contribution in [-0.2, 0) is 4.74 Å². The molecule has 45 heavy (non-hydrogen) atoms. The topological polar surface area (TPSA) is 61.8 Å². The van der Waals surface area contributed by atoms with Gasteiger partial charge < -0.3 is 14.2 Å². The Kier molecular flexibility index (Phi) is 20.8. The van der Waals surface area contributed by atoms with Gasteiger partial charge >= 0.3 is 11.9 Å². The first-order valence-corrected chi connectivity index (χ1v) is 18.2. The average molecular weight is 623 g/mol. The molecule has 252 valence electrons. The molecule has 0 fully saturated rings. The molecule has 0 aliphatic heterocycles. The molecular formula is C40H62O5. The summed E-state index contributed by atoms with van der Waals surface area (Å²) in [6, 6.07) is 13.4. The van der Waals surface area contributed by atoms with Crippen LogP contribution >= 0.6 is 0 Å². The standard InChI is InChI=1S/C40H62O5/c1-5-33(3)23-21-19-17-15-13-11-9-7-8-10-12-14-16-18-20-22-32-43-37-28-24-36(25-29-37)40(42)45-38-30-26-35(27-31-38)39(41)44-34(4)6-2/h24-31,33-34H,5-23,32H2,1-4H3. The maximum Gasteiger partial charge on any atom is 0.343 e. The second kappa shape index (κ2) is 24.4. The van der Waals surface area contributed by atoms with E-state index in [0.29, 0.717) is 23.5 Å². The van der Waals surface area contributed by atoms with E-state index in [9.17, 15) is 9.59 Å². The fourth-order valence-corrected chi connectivity index (χ4v) is 5.31. The normalized spacial score (nSPS) is 12.4. The van der Waals surface area contributed by atoms with Crippen LogP contribution < -0.4 is 9.47 Å². The van der Waals surface area contributed by atoms with Gasteiger partial charge in [-0.25, -0.2) is 9.59 Å². The molecule has 0 aliphatic rings. The second-order valence-corrected chi connectivity index (χ2v) is 12.9. The van der Waals surface area contributed by atoms with Gasteiger partial charge in [-0.2, -0.15) is 0 Å². The zero-order valence-corrected chi connectivity index (χ0v) is 29.0. The van der Waals surface area contributed by atoms with Crippen molar-refractivity contribution in [3.8, 4) is 11.5 Å². The minimum absolute atomic E-state index is 0.139. The SMILES string of the molecule is CCC(C)CCCCCCCCCCCCCCCCCCOc1ccc(C(=O)Oc2ccc(C(=O)OC(C)CC)cc2)cc1. The molecule has 2 rings (SSSR count). The monoisotopic (exact) mass is 622 g/mol. The van der Waals surface area contributed by atoms with Crippen LogP contribution in [0.25, 0.3) is 0 Å². The number of ether oxygens (including phenoxy) is 3. The van der Waals surface area contributed by atoms with Crippen LogP contribution in [0.3, 0.4) is 0 Å². The Balaban J connectivity index is 1.43. The Morgan fingerprint density at radius 3 is 1.42 bits per heavy atom. The zero-order chi connectivity index (χ0) is 32.5. The molecule has 2 unspecified atom stereocenters. The van der Waals surface area contributed by atoms with Crippen LogP contribution in [0.2, 0.25) is 0 Å². The molecule has 0 aliphatic carbocycles. The number of carbonyl (C=O) groups is 2. The van der Waals surface area contributed by atoms with E-state index in [4.69, 9.17) is 14.2 Å². The first-order valence-electron chi connectivity index (χ1n) is 18.2. The summed E-state index contributed by atoms with van der Waals surface area (Å²) in [6.45, 7) is 9.19. The van der Waals surface area contributed by atoms with Gasteiger partial charge in [-0.3, -0.25) is 0 Å². The van der Waals surface area contributed by atoms with E-state index >= 15 is 0 Å². The lowest BCUT2D eigenvalue weighted by molar-refractivity contribution is 0.0334. The highest BCUT2D eigenvalue weighted by molar-refractivity contribution is 5.92. The molecule has 0 aromatic heterocycles. The number of hydrogen-bond acceptors (Lipinski definition) is 5. The van der Waals surface area contributed by atoms with Gasteiger partial charge in [0, 0.05) is 0 Å². The van der Waals surface area contributed by atoms with Crippen molar-refractivity contribution in [1.29, 1.82) is 0 Å². The summed E-state index contributed by atoms with van der Waals surface area (Å²) in [5.74, 6) is 1.21. The van der Waals surface area contributed by atoms with Crippen LogP contribution in [0.15, 0.2) is 48.5 Å². The highest BCUT2D eigenvalue weighted by atomic mass is 16.5. The largest absolute Gasteiger partial charge is 0.494 e. The Morgan fingerprint density at radius 2 is 0.956 bits per heavy atom. The van der Waals surface area contributed by atoms with Crippen molar-refractivity contribution in [1.82, 2.24) is 0 Å². The predicted molar refractivity (Wildman–Crippen MR) is 186 cm³/mol. The van der Waals surface area contributed by atoms with Gasteiger partial charge in [0.25, 0.3) is 0 Å². The van der Waals surface area contributed by atoms with Crippen LogP contribution in [0.1, 0.15) is 170 Å². The van der Waals surface area contributed by atoms with Gasteiger partial charge in [0.15, 0.2) is 0 Å². The number of rotatable bonds is 26. The van der Waals surface area contributed by atoms with Crippen molar-refractivity contribution in [2.75, 3.05) is 6.61 Å². The third-order valence-corrected chi connectivity index (χ3v) is 8.83. The Bertz CT molecular complexity index is 1030. The van der Waals surface area contributed by atoms with E-state index in [1.165, 1.54) is 109 Å². The summed E-state index contributed by atoms with van der Waals surface area (Å²) in [6.07, 6.45) is 25.2. The summed E-state index contributed by atoms with van der Waals surface area (Å²) < 4.78 is 16.6. The molecule has 0 saturated heterocycles. The molecule has 0 heterocycles. The van der Waals surface area contributed by atoms with Gasteiger partial charge in [0.1, 0.15) is 11.5 Å². The fourth-order valence-electron chi connectivity index (χ4n) is 5.31. The Hall–Kier alpha value is -2.82. The third kappa shape index (κ3) is 18.0.